The average molecular weight is 375 g/mol. The first kappa shape index (κ1) is 16.0. The van der Waals surface area contributed by atoms with Crippen molar-refractivity contribution in [1.82, 2.24) is 10.6 Å². The Kier molecular flexibility index (Phi) is 8.09. The molecule has 0 bridgehead atoms. The molecule has 0 atom stereocenters. The van der Waals surface area contributed by atoms with Gasteiger partial charge in [0.1, 0.15) is 0 Å². The molecule has 6 heteroatoms. The molecule has 0 fully saturated rings. The van der Waals surface area contributed by atoms with Crippen molar-refractivity contribution in [3.05, 3.63) is 32.4 Å². The number of rotatable bonds is 4. The van der Waals surface area contributed by atoms with Gasteiger partial charge in [-0.05, 0) is 47.8 Å². The van der Waals surface area contributed by atoms with Gasteiger partial charge < -0.3 is 10.6 Å². The molecular formula is C10H13Cl2IN2O. The maximum absolute atomic E-state index is 11.6. The fourth-order valence-corrected chi connectivity index (χ4v) is 1.56. The van der Waals surface area contributed by atoms with Crippen LogP contribution in [0.5, 0.6) is 0 Å². The van der Waals surface area contributed by atoms with Crippen molar-refractivity contribution in [2.24, 2.45) is 0 Å². The van der Waals surface area contributed by atoms with Crippen LogP contribution in [0, 0.1) is 3.57 Å². The van der Waals surface area contributed by atoms with Crippen LogP contribution in [-0.4, -0.2) is 26.0 Å². The van der Waals surface area contributed by atoms with Gasteiger partial charge in [-0.3, -0.25) is 4.79 Å². The molecule has 1 rings (SSSR count). The molecular weight excluding hydrogens is 362 g/mol. The summed E-state index contributed by atoms with van der Waals surface area (Å²) in [5.74, 6) is -0.0939. The lowest BCUT2D eigenvalue weighted by Gasteiger charge is -2.05. The number of hydrogen-bond donors (Lipinski definition) is 2. The van der Waals surface area contributed by atoms with Gasteiger partial charge in [-0.25, -0.2) is 0 Å². The number of carbonyl (C=O) groups excluding carboxylic acids is 1. The molecule has 0 saturated carbocycles. The van der Waals surface area contributed by atoms with Crippen LogP contribution in [0.15, 0.2) is 18.2 Å². The molecule has 2 N–H and O–H groups in total. The summed E-state index contributed by atoms with van der Waals surface area (Å²) in [6.07, 6.45) is 0. The molecule has 1 aromatic rings. The Morgan fingerprint density at radius 2 is 2.12 bits per heavy atom. The van der Waals surface area contributed by atoms with Crippen molar-refractivity contribution in [3.8, 4) is 0 Å². The molecule has 0 heterocycles. The van der Waals surface area contributed by atoms with E-state index in [0.29, 0.717) is 17.1 Å². The van der Waals surface area contributed by atoms with E-state index in [-0.39, 0.29) is 18.3 Å². The molecule has 16 heavy (non-hydrogen) atoms. The van der Waals surface area contributed by atoms with Crippen LogP contribution in [0.1, 0.15) is 10.4 Å². The van der Waals surface area contributed by atoms with E-state index in [2.05, 4.69) is 33.2 Å². The van der Waals surface area contributed by atoms with Gasteiger partial charge in [0.05, 0.1) is 5.02 Å². The van der Waals surface area contributed by atoms with Gasteiger partial charge in [-0.15, -0.1) is 12.4 Å². The first-order valence-electron chi connectivity index (χ1n) is 4.53. The Labute approximate surface area is 120 Å². The highest BCUT2D eigenvalue weighted by Gasteiger charge is 2.06. The Bertz CT molecular complexity index is 361. The highest BCUT2D eigenvalue weighted by atomic mass is 127. The number of amides is 1. The summed E-state index contributed by atoms with van der Waals surface area (Å²) in [5, 5.41) is 6.35. The molecule has 0 unspecified atom stereocenters. The summed E-state index contributed by atoms with van der Waals surface area (Å²) in [5.41, 5.74) is 0.594. The molecule has 1 amide bonds. The van der Waals surface area contributed by atoms with E-state index < -0.39 is 0 Å². The van der Waals surface area contributed by atoms with E-state index in [1.165, 1.54) is 0 Å². The van der Waals surface area contributed by atoms with Gasteiger partial charge in [-0.1, -0.05) is 11.6 Å². The maximum atomic E-state index is 11.6. The summed E-state index contributed by atoms with van der Waals surface area (Å²) in [7, 11) is 1.84. The first-order chi connectivity index (χ1) is 7.15. The van der Waals surface area contributed by atoms with E-state index in [9.17, 15) is 4.79 Å². The number of halogens is 3. The van der Waals surface area contributed by atoms with Gasteiger partial charge >= 0.3 is 0 Å². The summed E-state index contributed by atoms with van der Waals surface area (Å²) in [6.45, 7) is 1.36. The van der Waals surface area contributed by atoms with Crippen LogP contribution in [0.3, 0.4) is 0 Å². The molecule has 0 aliphatic heterocycles. The molecule has 3 nitrogen and oxygen atoms in total. The summed E-state index contributed by atoms with van der Waals surface area (Å²) < 4.78 is 0.945. The minimum Gasteiger partial charge on any atom is -0.351 e. The zero-order chi connectivity index (χ0) is 11.3. The lowest BCUT2D eigenvalue weighted by atomic mass is 10.2. The second kappa shape index (κ2) is 8.11. The van der Waals surface area contributed by atoms with E-state index in [1.807, 2.05) is 13.1 Å². The molecule has 1 aromatic carbocycles. The lowest BCUT2D eigenvalue weighted by molar-refractivity contribution is 0.0954. The molecule has 0 aliphatic carbocycles. The summed E-state index contributed by atoms with van der Waals surface area (Å²) >= 11 is 8.04. The molecule has 0 aromatic heterocycles. The Morgan fingerprint density at radius 1 is 1.44 bits per heavy atom. The van der Waals surface area contributed by atoms with Gasteiger partial charge in [0.15, 0.2) is 0 Å². The fourth-order valence-electron chi connectivity index (χ4n) is 1.04. The Morgan fingerprint density at radius 3 is 2.69 bits per heavy atom. The monoisotopic (exact) mass is 374 g/mol. The minimum atomic E-state index is -0.0939. The van der Waals surface area contributed by atoms with Crippen LogP contribution in [0.25, 0.3) is 0 Å². The van der Waals surface area contributed by atoms with Crippen molar-refractivity contribution in [2.75, 3.05) is 20.1 Å². The van der Waals surface area contributed by atoms with Crippen molar-refractivity contribution in [2.45, 2.75) is 0 Å². The normalized spacial score (nSPS) is 9.44. The van der Waals surface area contributed by atoms with E-state index in [1.54, 1.807) is 12.1 Å². The fraction of sp³-hybridized carbons (Fsp3) is 0.300. The molecule has 0 aliphatic rings. The first-order valence-corrected chi connectivity index (χ1v) is 5.98. The van der Waals surface area contributed by atoms with Gasteiger partial charge in [-0.2, -0.15) is 0 Å². The minimum absolute atomic E-state index is 0. The van der Waals surface area contributed by atoms with Crippen LogP contribution in [0.2, 0.25) is 5.02 Å². The molecule has 0 saturated heterocycles. The van der Waals surface area contributed by atoms with Gasteiger partial charge in [0.25, 0.3) is 5.91 Å². The molecule has 0 spiro atoms. The van der Waals surface area contributed by atoms with Crippen LogP contribution < -0.4 is 10.6 Å². The van der Waals surface area contributed by atoms with Crippen molar-refractivity contribution in [1.29, 1.82) is 0 Å². The highest BCUT2D eigenvalue weighted by Crippen LogP contribution is 2.19. The second-order valence-electron chi connectivity index (χ2n) is 2.99. The highest BCUT2D eigenvalue weighted by molar-refractivity contribution is 14.1. The van der Waals surface area contributed by atoms with Crippen molar-refractivity contribution < 1.29 is 4.79 Å². The zero-order valence-electron chi connectivity index (χ0n) is 8.72. The number of nitrogens with one attached hydrogen (secondary N) is 2. The standard InChI is InChI=1S/C10H12ClIN2O.ClH/c1-13-4-5-14-10(15)7-2-3-9(12)8(11)6-7;/h2-3,6,13H,4-5H2,1H3,(H,14,15);1H. The van der Waals surface area contributed by atoms with Gasteiger partial charge in [0, 0.05) is 22.2 Å². The molecule has 90 valence electrons. The van der Waals surface area contributed by atoms with Gasteiger partial charge in [0.2, 0.25) is 0 Å². The third-order valence-corrected chi connectivity index (χ3v) is 3.41. The third kappa shape index (κ3) is 4.86. The largest absolute Gasteiger partial charge is 0.351 e. The van der Waals surface area contributed by atoms with Crippen LogP contribution in [0.4, 0.5) is 0 Å². The average Bonchev–Trinajstić information content (AvgIpc) is 2.22. The van der Waals surface area contributed by atoms with E-state index in [0.717, 1.165) is 10.1 Å². The van der Waals surface area contributed by atoms with Crippen LogP contribution in [-0.2, 0) is 0 Å². The Balaban J connectivity index is 0.00000225. The third-order valence-electron chi connectivity index (χ3n) is 1.84. The quantitative estimate of drug-likeness (QED) is 0.627. The number of hydrogen-bond acceptors (Lipinski definition) is 2. The molecule has 0 radical (unpaired) electrons. The van der Waals surface area contributed by atoms with E-state index >= 15 is 0 Å². The van der Waals surface area contributed by atoms with Crippen molar-refractivity contribution in [3.63, 3.8) is 0 Å². The summed E-state index contributed by atoms with van der Waals surface area (Å²) in [6, 6.07) is 5.27. The Hall–Kier alpha value is -0.0400. The van der Waals surface area contributed by atoms with Crippen LogP contribution >= 0.6 is 46.6 Å². The maximum Gasteiger partial charge on any atom is 0.251 e. The number of likely N-dealkylation sites (N-methyl/N-ethyl adjacent to an activating group) is 1. The van der Waals surface area contributed by atoms with Crippen molar-refractivity contribution >= 4 is 52.5 Å². The smallest absolute Gasteiger partial charge is 0.251 e. The zero-order valence-corrected chi connectivity index (χ0v) is 12.4. The summed E-state index contributed by atoms with van der Waals surface area (Å²) in [4.78, 5) is 11.6. The second-order valence-corrected chi connectivity index (χ2v) is 4.56. The number of benzene rings is 1. The lowest BCUT2D eigenvalue weighted by Crippen LogP contribution is -2.30. The SMILES string of the molecule is CNCCNC(=O)c1ccc(I)c(Cl)c1.Cl. The topological polar surface area (TPSA) is 41.1 Å². The van der Waals surface area contributed by atoms with E-state index in [4.69, 9.17) is 11.6 Å². The predicted molar refractivity (Wildman–Crippen MR) is 77.7 cm³/mol. The predicted octanol–water partition coefficient (Wildman–Crippen LogP) is 2.32. The number of carbonyl (C=O) groups is 1.